The number of halogens is 1. The lowest BCUT2D eigenvalue weighted by Crippen LogP contribution is -2.27. The van der Waals surface area contributed by atoms with Crippen molar-refractivity contribution in [3.8, 4) is 0 Å². The van der Waals surface area contributed by atoms with Gasteiger partial charge in [0, 0.05) is 25.1 Å². The second-order valence-corrected chi connectivity index (χ2v) is 6.21. The van der Waals surface area contributed by atoms with Crippen molar-refractivity contribution < 1.29 is 28.4 Å². The Labute approximate surface area is 164 Å². The molecule has 0 radical (unpaired) electrons. The van der Waals surface area contributed by atoms with E-state index in [0.717, 1.165) is 18.2 Å². The van der Waals surface area contributed by atoms with E-state index in [4.69, 9.17) is 4.74 Å². The number of carbonyl (C=O) groups is 3. The van der Waals surface area contributed by atoms with Crippen molar-refractivity contribution in [2.75, 3.05) is 23.4 Å². The van der Waals surface area contributed by atoms with Gasteiger partial charge in [0.2, 0.25) is 5.91 Å². The van der Waals surface area contributed by atoms with Crippen LogP contribution in [0.1, 0.15) is 23.2 Å². The van der Waals surface area contributed by atoms with E-state index in [1.165, 1.54) is 11.0 Å². The van der Waals surface area contributed by atoms with Crippen LogP contribution >= 0.6 is 0 Å². The third-order valence-corrected chi connectivity index (χ3v) is 4.26. The molecule has 0 spiro atoms. The number of nitrogens with one attached hydrogen (secondary N) is 1. The third kappa shape index (κ3) is 4.54. The average Bonchev–Trinajstić information content (AvgIpc) is 3.13. The summed E-state index contributed by atoms with van der Waals surface area (Å²) in [6, 6.07) is 9.03. The summed E-state index contributed by atoms with van der Waals surface area (Å²) < 4.78 is 18.7. The highest BCUT2D eigenvalue weighted by Crippen LogP contribution is 2.26. The summed E-state index contributed by atoms with van der Waals surface area (Å²) in [7, 11) is 0. The molecule has 0 bridgehead atoms. The Morgan fingerprint density at radius 2 is 2.00 bits per heavy atom. The van der Waals surface area contributed by atoms with Gasteiger partial charge in [-0.3, -0.25) is 19.7 Å². The fourth-order valence-corrected chi connectivity index (χ4v) is 2.90. The molecule has 0 saturated carbocycles. The molecular formula is C19H16FN3O6. The molecule has 0 unspecified atom stereocenters. The Morgan fingerprint density at radius 1 is 1.24 bits per heavy atom. The molecule has 1 heterocycles. The molecule has 29 heavy (non-hydrogen) atoms. The molecule has 1 aliphatic heterocycles. The van der Waals surface area contributed by atoms with Crippen LogP contribution in [0.2, 0.25) is 0 Å². The molecule has 2 aromatic rings. The molecule has 3 rings (SSSR count). The van der Waals surface area contributed by atoms with Crippen LogP contribution in [0.3, 0.4) is 0 Å². The molecule has 10 heteroatoms. The minimum absolute atomic E-state index is 0.107. The number of carbonyl (C=O) groups excluding carboxylic acids is 3. The Bertz CT molecular complexity index is 994. The lowest BCUT2D eigenvalue weighted by molar-refractivity contribution is -0.384. The molecule has 1 aliphatic rings. The second-order valence-electron chi connectivity index (χ2n) is 6.21. The molecule has 0 aliphatic carbocycles. The molecule has 9 nitrogen and oxygen atoms in total. The summed E-state index contributed by atoms with van der Waals surface area (Å²) in [5.74, 6) is -2.67. The molecule has 0 aromatic heterocycles. The van der Waals surface area contributed by atoms with Crippen molar-refractivity contribution in [1.82, 2.24) is 0 Å². The number of nitrogens with zero attached hydrogens (tertiary/aromatic N) is 2. The SMILES string of the molecule is O=C(COC(=O)c1ccccc1N1CCCC1=O)Nc1cc([N+](=O)[O-])ccc1F. The van der Waals surface area contributed by atoms with E-state index in [2.05, 4.69) is 5.32 Å². The van der Waals surface area contributed by atoms with E-state index >= 15 is 0 Å². The third-order valence-electron chi connectivity index (χ3n) is 4.26. The van der Waals surface area contributed by atoms with Gasteiger partial charge in [-0.1, -0.05) is 12.1 Å². The van der Waals surface area contributed by atoms with Gasteiger partial charge < -0.3 is 15.0 Å². The highest BCUT2D eigenvalue weighted by Gasteiger charge is 2.26. The van der Waals surface area contributed by atoms with Gasteiger partial charge in [-0.25, -0.2) is 9.18 Å². The number of hydrogen-bond acceptors (Lipinski definition) is 6. The van der Waals surface area contributed by atoms with Gasteiger partial charge in [0.15, 0.2) is 6.61 Å². The maximum atomic E-state index is 13.7. The standard InChI is InChI=1S/C19H16FN3O6/c20-14-8-7-12(23(27)28)10-15(14)21-17(24)11-29-19(26)13-4-1-2-5-16(13)22-9-3-6-18(22)25/h1-2,4-5,7-8,10H,3,6,9,11H2,(H,21,24). The summed E-state index contributed by atoms with van der Waals surface area (Å²) in [6.45, 7) is -0.251. The molecule has 1 saturated heterocycles. The molecule has 2 aromatic carbocycles. The van der Waals surface area contributed by atoms with Crippen molar-refractivity contribution in [1.29, 1.82) is 0 Å². The van der Waals surface area contributed by atoms with Crippen molar-refractivity contribution in [3.63, 3.8) is 0 Å². The number of ether oxygens (including phenoxy) is 1. The summed E-state index contributed by atoms with van der Waals surface area (Å²) in [5, 5.41) is 12.9. The lowest BCUT2D eigenvalue weighted by Gasteiger charge is -2.18. The van der Waals surface area contributed by atoms with Crippen LogP contribution < -0.4 is 10.2 Å². The zero-order chi connectivity index (χ0) is 21.0. The van der Waals surface area contributed by atoms with Gasteiger partial charge in [0.1, 0.15) is 5.82 Å². The predicted molar refractivity (Wildman–Crippen MR) is 100.0 cm³/mol. The van der Waals surface area contributed by atoms with Crippen LogP contribution in [-0.4, -0.2) is 35.9 Å². The lowest BCUT2D eigenvalue weighted by atomic mass is 10.1. The molecule has 0 atom stereocenters. The molecule has 1 N–H and O–H groups in total. The monoisotopic (exact) mass is 401 g/mol. The first-order valence-corrected chi connectivity index (χ1v) is 8.67. The second kappa shape index (κ2) is 8.46. The number of esters is 1. The van der Waals surface area contributed by atoms with Gasteiger partial charge in [-0.05, 0) is 24.6 Å². The van der Waals surface area contributed by atoms with E-state index < -0.39 is 40.6 Å². The van der Waals surface area contributed by atoms with Crippen molar-refractivity contribution >= 4 is 34.8 Å². The van der Waals surface area contributed by atoms with Gasteiger partial charge >= 0.3 is 5.97 Å². The van der Waals surface area contributed by atoms with Crippen LogP contribution in [0.5, 0.6) is 0 Å². The van der Waals surface area contributed by atoms with E-state index in [1.54, 1.807) is 18.2 Å². The summed E-state index contributed by atoms with van der Waals surface area (Å²) in [4.78, 5) is 47.8. The topological polar surface area (TPSA) is 119 Å². The maximum absolute atomic E-state index is 13.7. The molecular weight excluding hydrogens is 385 g/mol. The Morgan fingerprint density at radius 3 is 2.69 bits per heavy atom. The minimum atomic E-state index is -0.868. The van der Waals surface area contributed by atoms with E-state index in [0.29, 0.717) is 25.1 Å². The Hall–Kier alpha value is -3.82. The highest BCUT2D eigenvalue weighted by molar-refractivity contribution is 6.04. The zero-order valence-electron chi connectivity index (χ0n) is 15.1. The average molecular weight is 401 g/mol. The van der Waals surface area contributed by atoms with E-state index in [1.807, 2.05) is 0 Å². The van der Waals surface area contributed by atoms with Crippen molar-refractivity contribution in [2.24, 2.45) is 0 Å². The van der Waals surface area contributed by atoms with Crippen LogP contribution in [0.25, 0.3) is 0 Å². The largest absolute Gasteiger partial charge is 0.452 e. The summed E-state index contributed by atoms with van der Waals surface area (Å²) in [6.07, 6.45) is 1.07. The first kappa shape index (κ1) is 19.9. The van der Waals surface area contributed by atoms with Gasteiger partial charge in [-0.2, -0.15) is 0 Å². The molecule has 1 fully saturated rings. The maximum Gasteiger partial charge on any atom is 0.340 e. The number of nitro groups is 1. The predicted octanol–water partition coefficient (Wildman–Crippen LogP) is 2.66. The van der Waals surface area contributed by atoms with Crippen LogP contribution in [0, 0.1) is 15.9 Å². The zero-order valence-corrected chi connectivity index (χ0v) is 15.1. The van der Waals surface area contributed by atoms with Crippen molar-refractivity contribution in [3.05, 3.63) is 64.0 Å². The smallest absolute Gasteiger partial charge is 0.340 e. The number of anilines is 2. The Balaban J connectivity index is 1.66. The van der Waals surface area contributed by atoms with E-state index in [9.17, 15) is 28.9 Å². The fraction of sp³-hybridized carbons (Fsp3) is 0.211. The number of hydrogen-bond donors (Lipinski definition) is 1. The Kier molecular flexibility index (Phi) is 5.82. The van der Waals surface area contributed by atoms with Crippen LogP contribution in [0.4, 0.5) is 21.5 Å². The van der Waals surface area contributed by atoms with Crippen LogP contribution in [-0.2, 0) is 14.3 Å². The number of rotatable bonds is 6. The van der Waals surface area contributed by atoms with Gasteiger partial charge in [-0.15, -0.1) is 0 Å². The number of non-ortho nitro benzene ring substituents is 1. The number of amides is 2. The van der Waals surface area contributed by atoms with Gasteiger partial charge in [0.05, 0.1) is 21.9 Å². The summed E-state index contributed by atoms with van der Waals surface area (Å²) in [5.41, 5.74) is -0.284. The van der Waals surface area contributed by atoms with Gasteiger partial charge in [0.25, 0.3) is 11.6 Å². The minimum Gasteiger partial charge on any atom is -0.452 e. The first-order valence-electron chi connectivity index (χ1n) is 8.67. The molecule has 150 valence electrons. The fourth-order valence-electron chi connectivity index (χ4n) is 2.90. The van der Waals surface area contributed by atoms with E-state index in [-0.39, 0.29) is 11.5 Å². The highest BCUT2D eigenvalue weighted by atomic mass is 19.1. The number of nitro benzene ring substituents is 1. The first-order chi connectivity index (χ1) is 13.9. The summed E-state index contributed by atoms with van der Waals surface area (Å²) >= 11 is 0. The number of para-hydroxylation sites is 1. The molecule has 2 amide bonds. The number of benzene rings is 2. The normalized spacial score (nSPS) is 13.3. The quantitative estimate of drug-likeness (QED) is 0.452. The van der Waals surface area contributed by atoms with Crippen LogP contribution in [0.15, 0.2) is 42.5 Å². The van der Waals surface area contributed by atoms with Crippen molar-refractivity contribution in [2.45, 2.75) is 12.8 Å².